The van der Waals surface area contributed by atoms with Gasteiger partial charge in [0.1, 0.15) is 11.6 Å². The number of aromatic amines is 1. The topological polar surface area (TPSA) is 53.6 Å². The molecule has 1 atom stereocenters. The van der Waals surface area contributed by atoms with E-state index in [1.165, 1.54) is 0 Å². The normalized spacial score (nSPS) is 12.4. The Morgan fingerprint density at radius 1 is 1.47 bits per heavy atom. The standard InChI is InChI=1S/C12H15BrN4/c1-3-10(12-14-4-5-15-12)17-11-6-8(2)9(13)7-16-11/h4-7,10H,3H2,1-2H3,(H,14,15)(H,16,17). The zero-order valence-corrected chi connectivity index (χ0v) is 11.5. The first kappa shape index (κ1) is 12.1. The number of hydrogen-bond donors (Lipinski definition) is 2. The number of anilines is 1. The van der Waals surface area contributed by atoms with Crippen molar-refractivity contribution in [1.29, 1.82) is 0 Å². The Hall–Kier alpha value is -1.36. The van der Waals surface area contributed by atoms with Crippen molar-refractivity contribution < 1.29 is 0 Å². The fraction of sp³-hybridized carbons (Fsp3) is 0.333. The number of halogens is 1. The summed E-state index contributed by atoms with van der Waals surface area (Å²) in [5.41, 5.74) is 1.16. The molecule has 0 bridgehead atoms. The molecule has 0 aliphatic rings. The van der Waals surface area contributed by atoms with E-state index in [9.17, 15) is 0 Å². The molecule has 1 unspecified atom stereocenters. The predicted octanol–water partition coefficient (Wildman–Crippen LogP) is 3.44. The first-order chi connectivity index (χ1) is 8.20. The minimum absolute atomic E-state index is 0.165. The quantitative estimate of drug-likeness (QED) is 0.908. The average Bonchev–Trinajstić information content (AvgIpc) is 2.84. The van der Waals surface area contributed by atoms with E-state index < -0.39 is 0 Å². The van der Waals surface area contributed by atoms with Gasteiger partial charge in [-0.2, -0.15) is 0 Å². The Morgan fingerprint density at radius 3 is 2.88 bits per heavy atom. The van der Waals surface area contributed by atoms with Gasteiger partial charge in [0.25, 0.3) is 0 Å². The number of nitrogens with zero attached hydrogens (tertiary/aromatic N) is 2. The molecular formula is C12H15BrN4. The van der Waals surface area contributed by atoms with Crippen LogP contribution in [0.2, 0.25) is 0 Å². The minimum Gasteiger partial charge on any atom is -0.360 e. The van der Waals surface area contributed by atoms with Gasteiger partial charge in [-0.05, 0) is 40.9 Å². The molecule has 0 aromatic carbocycles. The maximum absolute atomic E-state index is 4.34. The van der Waals surface area contributed by atoms with Gasteiger partial charge in [0, 0.05) is 23.1 Å². The van der Waals surface area contributed by atoms with E-state index in [1.807, 2.05) is 25.4 Å². The molecular weight excluding hydrogens is 280 g/mol. The highest BCUT2D eigenvalue weighted by molar-refractivity contribution is 9.10. The van der Waals surface area contributed by atoms with E-state index in [0.29, 0.717) is 0 Å². The van der Waals surface area contributed by atoms with Crippen LogP contribution in [0.25, 0.3) is 0 Å². The number of nitrogens with one attached hydrogen (secondary N) is 2. The summed E-state index contributed by atoms with van der Waals surface area (Å²) in [5.74, 6) is 1.81. The minimum atomic E-state index is 0.165. The van der Waals surface area contributed by atoms with Crippen molar-refractivity contribution in [1.82, 2.24) is 15.0 Å². The summed E-state index contributed by atoms with van der Waals surface area (Å²) in [4.78, 5) is 11.7. The molecule has 0 radical (unpaired) electrons. The van der Waals surface area contributed by atoms with Crippen LogP contribution >= 0.6 is 15.9 Å². The van der Waals surface area contributed by atoms with Crippen molar-refractivity contribution in [3.8, 4) is 0 Å². The van der Waals surface area contributed by atoms with Gasteiger partial charge in [-0.1, -0.05) is 6.92 Å². The van der Waals surface area contributed by atoms with Gasteiger partial charge in [-0.25, -0.2) is 9.97 Å². The molecule has 0 amide bonds. The van der Waals surface area contributed by atoms with E-state index in [-0.39, 0.29) is 6.04 Å². The van der Waals surface area contributed by atoms with Crippen LogP contribution in [0.4, 0.5) is 5.82 Å². The third-order valence-electron chi connectivity index (χ3n) is 2.63. The molecule has 0 aliphatic heterocycles. The summed E-state index contributed by atoms with van der Waals surface area (Å²) < 4.78 is 1.02. The lowest BCUT2D eigenvalue weighted by molar-refractivity contribution is 0.700. The van der Waals surface area contributed by atoms with Crippen LogP contribution in [0.15, 0.2) is 29.1 Å². The Balaban J connectivity index is 2.16. The summed E-state index contributed by atoms with van der Waals surface area (Å²) in [7, 11) is 0. The van der Waals surface area contributed by atoms with Crippen LogP contribution in [-0.2, 0) is 0 Å². The largest absolute Gasteiger partial charge is 0.360 e. The summed E-state index contributed by atoms with van der Waals surface area (Å²) >= 11 is 3.44. The molecule has 2 heterocycles. The van der Waals surface area contributed by atoms with E-state index in [0.717, 1.165) is 28.1 Å². The lowest BCUT2D eigenvalue weighted by Crippen LogP contribution is -2.12. The van der Waals surface area contributed by atoms with Gasteiger partial charge in [-0.15, -0.1) is 0 Å². The molecule has 2 aromatic heterocycles. The SMILES string of the molecule is CCC(Nc1cc(C)c(Br)cn1)c1ncc[nH]1. The van der Waals surface area contributed by atoms with Crippen molar-refractivity contribution in [3.05, 3.63) is 40.5 Å². The molecule has 5 heteroatoms. The van der Waals surface area contributed by atoms with Gasteiger partial charge in [-0.3, -0.25) is 0 Å². The molecule has 17 heavy (non-hydrogen) atoms. The molecule has 0 spiro atoms. The maximum Gasteiger partial charge on any atom is 0.128 e. The number of aryl methyl sites for hydroxylation is 1. The third-order valence-corrected chi connectivity index (χ3v) is 3.46. The van der Waals surface area contributed by atoms with Crippen molar-refractivity contribution in [2.24, 2.45) is 0 Å². The summed E-state index contributed by atoms with van der Waals surface area (Å²) in [6.07, 6.45) is 6.36. The lowest BCUT2D eigenvalue weighted by Gasteiger charge is -2.15. The summed E-state index contributed by atoms with van der Waals surface area (Å²) in [6, 6.07) is 2.19. The highest BCUT2D eigenvalue weighted by Gasteiger charge is 2.12. The summed E-state index contributed by atoms with van der Waals surface area (Å²) in [5, 5.41) is 3.37. The Labute approximate surface area is 109 Å². The highest BCUT2D eigenvalue weighted by Crippen LogP contribution is 2.21. The smallest absolute Gasteiger partial charge is 0.128 e. The number of H-pyrrole nitrogens is 1. The van der Waals surface area contributed by atoms with Crippen LogP contribution in [0.1, 0.15) is 30.8 Å². The molecule has 0 saturated heterocycles. The lowest BCUT2D eigenvalue weighted by atomic mass is 10.2. The molecule has 0 aliphatic carbocycles. The molecule has 2 N–H and O–H groups in total. The van der Waals surface area contributed by atoms with Gasteiger partial charge in [0.05, 0.1) is 6.04 Å². The average molecular weight is 295 g/mol. The second-order valence-corrected chi connectivity index (χ2v) is 4.75. The zero-order chi connectivity index (χ0) is 12.3. The molecule has 90 valence electrons. The molecule has 2 aromatic rings. The number of imidazole rings is 1. The van der Waals surface area contributed by atoms with Crippen molar-refractivity contribution in [2.75, 3.05) is 5.32 Å². The van der Waals surface area contributed by atoms with Crippen LogP contribution < -0.4 is 5.32 Å². The number of pyridine rings is 1. The first-order valence-corrected chi connectivity index (χ1v) is 6.38. The summed E-state index contributed by atoms with van der Waals surface area (Å²) in [6.45, 7) is 4.16. The molecule has 4 nitrogen and oxygen atoms in total. The monoisotopic (exact) mass is 294 g/mol. The number of rotatable bonds is 4. The van der Waals surface area contributed by atoms with E-state index in [2.05, 4.69) is 43.1 Å². The Morgan fingerprint density at radius 2 is 2.29 bits per heavy atom. The van der Waals surface area contributed by atoms with E-state index >= 15 is 0 Å². The van der Waals surface area contributed by atoms with Gasteiger partial charge in [0.2, 0.25) is 0 Å². The second-order valence-electron chi connectivity index (χ2n) is 3.90. The van der Waals surface area contributed by atoms with Crippen LogP contribution in [-0.4, -0.2) is 15.0 Å². The van der Waals surface area contributed by atoms with Crippen LogP contribution in [0.3, 0.4) is 0 Å². The van der Waals surface area contributed by atoms with Crippen molar-refractivity contribution in [3.63, 3.8) is 0 Å². The Kier molecular flexibility index (Phi) is 3.78. The van der Waals surface area contributed by atoms with Crippen molar-refractivity contribution in [2.45, 2.75) is 26.3 Å². The first-order valence-electron chi connectivity index (χ1n) is 5.58. The van der Waals surface area contributed by atoms with Gasteiger partial charge >= 0.3 is 0 Å². The second kappa shape index (κ2) is 5.31. The van der Waals surface area contributed by atoms with E-state index in [4.69, 9.17) is 0 Å². The third kappa shape index (κ3) is 2.85. The molecule has 0 saturated carbocycles. The number of aromatic nitrogens is 3. The van der Waals surface area contributed by atoms with Crippen LogP contribution in [0, 0.1) is 6.92 Å². The van der Waals surface area contributed by atoms with E-state index in [1.54, 1.807) is 6.20 Å². The Bertz CT molecular complexity index is 481. The van der Waals surface area contributed by atoms with Gasteiger partial charge in [0.15, 0.2) is 0 Å². The predicted molar refractivity (Wildman–Crippen MR) is 71.9 cm³/mol. The van der Waals surface area contributed by atoms with Crippen LogP contribution in [0.5, 0.6) is 0 Å². The molecule has 2 rings (SSSR count). The fourth-order valence-electron chi connectivity index (χ4n) is 1.63. The maximum atomic E-state index is 4.34. The fourth-order valence-corrected chi connectivity index (χ4v) is 1.85. The highest BCUT2D eigenvalue weighted by atomic mass is 79.9. The van der Waals surface area contributed by atoms with Crippen molar-refractivity contribution >= 4 is 21.7 Å². The number of hydrogen-bond acceptors (Lipinski definition) is 3. The molecule has 0 fully saturated rings. The zero-order valence-electron chi connectivity index (χ0n) is 9.87. The van der Waals surface area contributed by atoms with Gasteiger partial charge < -0.3 is 10.3 Å².